The third-order valence-corrected chi connectivity index (χ3v) is 3.30. The van der Waals surface area contributed by atoms with E-state index in [1.165, 1.54) is 0 Å². The van der Waals surface area contributed by atoms with Crippen LogP contribution in [0.25, 0.3) is 0 Å². The maximum absolute atomic E-state index is 11.6. The molecule has 5 heteroatoms. The molecule has 0 aliphatic heterocycles. The van der Waals surface area contributed by atoms with Crippen molar-refractivity contribution in [3.8, 4) is 0 Å². The lowest BCUT2D eigenvalue weighted by Gasteiger charge is -2.27. The van der Waals surface area contributed by atoms with E-state index in [9.17, 15) is 14.7 Å². The summed E-state index contributed by atoms with van der Waals surface area (Å²) in [6.45, 7) is 7.59. The predicted octanol–water partition coefficient (Wildman–Crippen LogP) is 1.51. The average molecular weight is 240 g/mol. The number of urea groups is 1. The van der Waals surface area contributed by atoms with Crippen molar-refractivity contribution < 1.29 is 14.7 Å². The van der Waals surface area contributed by atoms with Gasteiger partial charge in [-0.1, -0.05) is 18.6 Å². The summed E-state index contributed by atoms with van der Waals surface area (Å²) in [7, 11) is 0. The second-order valence-electron chi connectivity index (χ2n) is 4.95. The van der Waals surface area contributed by atoms with Gasteiger partial charge < -0.3 is 15.7 Å². The number of carboxylic acids is 1. The van der Waals surface area contributed by atoms with E-state index in [4.69, 9.17) is 0 Å². The molecule has 0 heterocycles. The Kier molecular flexibility index (Phi) is 4.15. The molecule has 2 unspecified atom stereocenters. The molecule has 0 bridgehead atoms. The first kappa shape index (κ1) is 13.5. The van der Waals surface area contributed by atoms with Gasteiger partial charge in [-0.15, -0.1) is 0 Å². The lowest BCUT2D eigenvalue weighted by Crippen LogP contribution is -2.50. The van der Waals surface area contributed by atoms with Crippen LogP contribution in [-0.2, 0) is 4.79 Å². The number of carbonyl (C=O) groups excluding carboxylic acids is 1. The fourth-order valence-corrected chi connectivity index (χ4v) is 2.09. The highest BCUT2D eigenvalue weighted by molar-refractivity contribution is 5.79. The van der Waals surface area contributed by atoms with Gasteiger partial charge in [-0.05, 0) is 26.7 Å². The first-order chi connectivity index (χ1) is 7.86. The molecule has 2 amide bonds. The van der Waals surface area contributed by atoms with Crippen LogP contribution in [0.1, 0.15) is 33.1 Å². The Morgan fingerprint density at radius 1 is 1.53 bits per heavy atom. The van der Waals surface area contributed by atoms with Crippen molar-refractivity contribution in [3.63, 3.8) is 0 Å². The number of hydrogen-bond donors (Lipinski definition) is 3. The van der Waals surface area contributed by atoms with Crippen LogP contribution in [0.15, 0.2) is 12.2 Å². The van der Waals surface area contributed by atoms with E-state index in [-0.39, 0.29) is 12.1 Å². The minimum Gasteiger partial charge on any atom is -0.481 e. The summed E-state index contributed by atoms with van der Waals surface area (Å²) in [6.07, 6.45) is 2.14. The molecule has 0 aromatic heterocycles. The van der Waals surface area contributed by atoms with E-state index in [0.29, 0.717) is 19.4 Å². The van der Waals surface area contributed by atoms with Gasteiger partial charge in [0.2, 0.25) is 0 Å². The molecule has 0 radical (unpaired) electrons. The Bertz CT molecular complexity index is 341. The lowest BCUT2D eigenvalue weighted by molar-refractivity contribution is -0.148. The summed E-state index contributed by atoms with van der Waals surface area (Å²) in [5, 5.41) is 14.6. The van der Waals surface area contributed by atoms with Crippen LogP contribution in [-0.4, -0.2) is 29.7 Å². The van der Waals surface area contributed by atoms with Crippen LogP contribution in [0.4, 0.5) is 4.79 Å². The molecule has 0 aromatic carbocycles. The van der Waals surface area contributed by atoms with Crippen LogP contribution >= 0.6 is 0 Å². The SMILES string of the molecule is C=C(C)CNC(=O)NC1CCCC1(C)C(=O)O. The monoisotopic (exact) mass is 240 g/mol. The quantitative estimate of drug-likeness (QED) is 0.652. The molecule has 0 saturated heterocycles. The van der Waals surface area contributed by atoms with E-state index in [0.717, 1.165) is 12.0 Å². The molecule has 1 aliphatic rings. The zero-order valence-corrected chi connectivity index (χ0v) is 10.4. The summed E-state index contributed by atoms with van der Waals surface area (Å²) >= 11 is 0. The highest BCUT2D eigenvalue weighted by Crippen LogP contribution is 2.38. The fraction of sp³-hybridized carbons (Fsp3) is 0.667. The zero-order chi connectivity index (χ0) is 13.1. The van der Waals surface area contributed by atoms with Crippen LogP contribution in [0.3, 0.4) is 0 Å². The molecule has 1 rings (SSSR count). The van der Waals surface area contributed by atoms with Gasteiger partial charge in [0.25, 0.3) is 0 Å². The van der Waals surface area contributed by atoms with Gasteiger partial charge in [0, 0.05) is 12.6 Å². The third-order valence-electron chi connectivity index (χ3n) is 3.30. The number of aliphatic carboxylic acids is 1. The summed E-state index contributed by atoms with van der Waals surface area (Å²) in [5.41, 5.74) is 0.00757. The number of rotatable bonds is 4. The van der Waals surface area contributed by atoms with Gasteiger partial charge >= 0.3 is 12.0 Å². The Hall–Kier alpha value is -1.52. The van der Waals surface area contributed by atoms with Crippen molar-refractivity contribution in [2.45, 2.75) is 39.2 Å². The fourth-order valence-electron chi connectivity index (χ4n) is 2.09. The third kappa shape index (κ3) is 3.22. The van der Waals surface area contributed by atoms with E-state index in [1.807, 2.05) is 6.92 Å². The Balaban J connectivity index is 2.53. The molecule has 1 aliphatic carbocycles. The predicted molar refractivity (Wildman–Crippen MR) is 64.7 cm³/mol. The topological polar surface area (TPSA) is 78.4 Å². The highest BCUT2D eigenvalue weighted by atomic mass is 16.4. The van der Waals surface area contributed by atoms with Gasteiger partial charge in [0.05, 0.1) is 5.41 Å². The molecule has 1 saturated carbocycles. The molecule has 3 N–H and O–H groups in total. The van der Waals surface area contributed by atoms with Gasteiger partial charge in [0.15, 0.2) is 0 Å². The molecule has 1 fully saturated rings. The summed E-state index contributed by atoms with van der Waals surface area (Å²) in [6, 6.07) is -0.627. The molecule has 5 nitrogen and oxygen atoms in total. The van der Waals surface area contributed by atoms with Gasteiger partial charge in [-0.3, -0.25) is 4.79 Å². The van der Waals surface area contributed by atoms with E-state index in [1.54, 1.807) is 6.92 Å². The second-order valence-corrected chi connectivity index (χ2v) is 4.95. The van der Waals surface area contributed by atoms with Crippen molar-refractivity contribution in [3.05, 3.63) is 12.2 Å². The number of nitrogens with one attached hydrogen (secondary N) is 2. The molecule has 17 heavy (non-hydrogen) atoms. The lowest BCUT2D eigenvalue weighted by atomic mass is 9.85. The number of hydrogen-bond acceptors (Lipinski definition) is 2. The Labute approximate surface area is 101 Å². The highest BCUT2D eigenvalue weighted by Gasteiger charge is 2.45. The first-order valence-electron chi connectivity index (χ1n) is 5.78. The molecule has 96 valence electrons. The first-order valence-corrected chi connectivity index (χ1v) is 5.78. The van der Waals surface area contributed by atoms with Crippen LogP contribution in [0.5, 0.6) is 0 Å². The standard InChI is InChI=1S/C12H20N2O3/c1-8(2)7-13-11(17)14-9-5-4-6-12(9,3)10(15)16/h9H,1,4-7H2,2-3H3,(H,15,16)(H2,13,14,17). The summed E-state index contributed by atoms with van der Waals surface area (Å²) in [5.74, 6) is -0.847. The van der Waals surface area contributed by atoms with Crippen LogP contribution in [0, 0.1) is 5.41 Å². The van der Waals surface area contributed by atoms with Crippen molar-refractivity contribution in [1.29, 1.82) is 0 Å². The number of amides is 2. The van der Waals surface area contributed by atoms with E-state index in [2.05, 4.69) is 17.2 Å². The zero-order valence-electron chi connectivity index (χ0n) is 10.4. The normalized spacial score (nSPS) is 27.5. The maximum Gasteiger partial charge on any atom is 0.315 e. The Morgan fingerprint density at radius 3 is 2.71 bits per heavy atom. The molecule has 2 atom stereocenters. The second kappa shape index (κ2) is 5.21. The number of carboxylic acid groups (broad SMARTS) is 1. The molecule has 0 spiro atoms. The minimum atomic E-state index is -0.847. The maximum atomic E-state index is 11.6. The molecular weight excluding hydrogens is 220 g/mol. The minimum absolute atomic E-state index is 0.301. The Morgan fingerprint density at radius 2 is 2.18 bits per heavy atom. The van der Waals surface area contributed by atoms with Crippen molar-refractivity contribution >= 4 is 12.0 Å². The van der Waals surface area contributed by atoms with Gasteiger partial charge in [0.1, 0.15) is 0 Å². The summed E-state index contributed by atoms with van der Waals surface area (Å²) in [4.78, 5) is 22.8. The van der Waals surface area contributed by atoms with Gasteiger partial charge in [-0.2, -0.15) is 0 Å². The van der Waals surface area contributed by atoms with Crippen molar-refractivity contribution in [2.24, 2.45) is 5.41 Å². The van der Waals surface area contributed by atoms with Crippen molar-refractivity contribution in [1.82, 2.24) is 10.6 Å². The van der Waals surface area contributed by atoms with Crippen molar-refractivity contribution in [2.75, 3.05) is 6.54 Å². The van der Waals surface area contributed by atoms with E-state index < -0.39 is 11.4 Å². The summed E-state index contributed by atoms with van der Waals surface area (Å²) < 4.78 is 0. The largest absolute Gasteiger partial charge is 0.481 e. The molecule has 0 aromatic rings. The number of carbonyl (C=O) groups is 2. The van der Waals surface area contributed by atoms with E-state index >= 15 is 0 Å². The molecular formula is C12H20N2O3. The van der Waals surface area contributed by atoms with Gasteiger partial charge in [-0.25, -0.2) is 4.79 Å². The van der Waals surface area contributed by atoms with Crippen LogP contribution in [0.2, 0.25) is 0 Å². The average Bonchev–Trinajstić information content (AvgIpc) is 2.59. The van der Waals surface area contributed by atoms with Crippen LogP contribution < -0.4 is 10.6 Å². The smallest absolute Gasteiger partial charge is 0.315 e.